The van der Waals surface area contributed by atoms with E-state index < -0.39 is 5.60 Å². The van der Waals surface area contributed by atoms with Crippen molar-refractivity contribution in [3.8, 4) is 0 Å². The lowest BCUT2D eigenvalue weighted by Gasteiger charge is -2.37. The number of aromatic nitrogens is 1. The van der Waals surface area contributed by atoms with Gasteiger partial charge < -0.3 is 10.4 Å². The molecular formula is C8H9ClN2O. The summed E-state index contributed by atoms with van der Waals surface area (Å²) < 4.78 is 0. The minimum atomic E-state index is -0.725. The van der Waals surface area contributed by atoms with Crippen LogP contribution in [0.2, 0.25) is 5.15 Å². The zero-order valence-corrected chi connectivity index (χ0v) is 7.17. The SMILES string of the molecule is OC1(c2ccc(Cl)nc2)CNC1. The molecule has 0 amide bonds. The third-order valence-corrected chi connectivity index (χ3v) is 2.32. The van der Waals surface area contributed by atoms with E-state index in [4.69, 9.17) is 11.6 Å². The molecule has 1 fully saturated rings. The summed E-state index contributed by atoms with van der Waals surface area (Å²) in [4.78, 5) is 3.90. The highest BCUT2D eigenvalue weighted by molar-refractivity contribution is 6.29. The highest BCUT2D eigenvalue weighted by atomic mass is 35.5. The minimum Gasteiger partial charge on any atom is -0.382 e. The normalized spacial score (nSPS) is 20.2. The molecule has 0 radical (unpaired) electrons. The van der Waals surface area contributed by atoms with Gasteiger partial charge in [0.1, 0.15) is 10.8 Å². The van der Waals surface area contributed by atoms with E-state index in [2.05, 4.69) is 10.3 Å². The Morgan fingerprint density at radius 2 is 2.25 bits per heavy atom. The van der Waals surface area contributed by atoms with Gasteiger partial charge in [-0.1, -0.05) is 17.7 Å². The molecule has 0 spiro atoms. The first-order valence-electron chi connectivity index (χ1n) is 3.76. The third-order valence-electron chi connectivity index (χ3n) is 2.10. The van der Waals surface area contributed by atoms with Crippen LogP contribution < -0.4 is 5.32 Å². The fraction of sp³-hybridized carbons (Fsp3) is 0.375. The molecule has 1 aromatic heterocycles. The number of rotatable bonds is 1. The fourth-order valence-corrected chi connectivity index (χ4v) is 1.33. The molecule has 64 valence electrons. The van der Waals surface area contributed by atoms with E-state index in [9.17, 15) is 5.11 Å². The van der Waals surface area contributed by atoms with Crippen LogP contribution in [0.15, 0.2) is 18.3 Å². The molecule has 0 saturated carbocycles. The molecule has 2 rings (SSSR count). The van der Waals surface area contributed by atoms with E-state index in [-0.39, 0.29) is 0 Å². The second-order valence-corrected chi connectivity index (χ2v) is 3.39. The zero-order valence-electron chi connectivity index (χ0n) is 6.42. The Morgan fingerprint density at radius 1 is 1.50 bits per heavy atom. The number of β-amino-alcohol motifs (C(OH)–C–C–N with tert-alkyl or cyclic N) is 1. The lowest BCUT2D eigenvalue weighted by molar-refractivity contribution is -0.0149. The number of aliphatic hydroxyl groups is 1. The molecule has 0 aromatic carbocycles. The highest BCUT2D eigenvalue weighted by Crippen LogP contribution is 2.24. The van der Waals surface area contributed by atoms with Crippen molar-refractivity contribution in [1.82, 2.24) is 10.3 Å². The average molecular weight is 185 g/mol. The Labute approximate surface area is 75.4 Å². The van der Waals surface area contributed by atoms with Crippen LogP contribution in [-0.2, 0) is 5.60 Å². The molecule has 2 heterocycles. The maximum atomic E-state index is 9.83. The molecule has 12 heavy (non-hydrogen) atoms. The summed E-state index contributed by atoms with van der Waals surface area (Å²) in [6, 6.07) is 3.49. The van der Waals surface area contributed by atoms with Crippen LogP contribution in [0.25, 0.3) is 0 Å². The number of pyridine rings is 1. The lowest BCUT2D eigenvalue weighted by Crippen LogP contribution is -2.56. The van der Waals surface area contributed by atoms with Crippen LogP contribution in [0.4, 0.5) is 0 Å². The van der Waals surface area contributed by atoms with Gasteiger partial charge in [0.15, 0.2) is 0 Å². The Balaban J connectivity index is 2.28. The van der Waals surface area contributed by atoms with E-state index in [1.807, 2.05) is 0 Å². The van der Waals surface area contributed by atoms with Crippen molar-refractivity contribution in [2.45, 2.75) is 5.60 Å². The van der Waals surface area contributed by atoms with Crippen LogP contribution >= 0.6 is 11.6 Å². The van der Waals surface area contributed by atoms with Gasteiger partial charge >= 0.3 is 0 Å². The van der Waals surface area contributed by atoms with Crippen molar-refractivity contribution in [3.63, 3.8) is 0 Å². The number of hydrogen-bond donors (Lipinski definition) is 2. The first-order valence-corrected chi connectivity index (χ1v) is 4.14. The molecule has 0 bridgehead atoms. The van der Waals surface area contributed by atoms with Crippen LogP contribution in [0.5, 0.6) is 0 Å². The summed E-state index contributed by atoms with van der Waals surface area (Å²) in [5.41, 5.74) is 0.100. The molecule has 0 atom stereocenters. The van der Waals surface area contributed by atoms with Gasteiger partial charge in [-0.15, -0.1) is 0 Å². The largest absolute Gasteiger partial charge is 0.382 e. The van der Waals surface area contributed by atoms with Crippen molar-refractivity contribution in [2.24, 2.45) is 0 Å². The van der Waals surface area contributed by atoms with Crippen molar-refractivity contribution in [1.29, 1.82) is 0 Å². The molecule has 1 aliphatic heterocycles. The number of halogens is 1. The third kappa shape index (κ3) is 1.20. The summed E-state index contributed by atoms with van der Waals surface area (Å²) >= 11 is 5.61. The Bertz CT molecular complexity index is 282. The maximum Gasteiger partial charge on any atom is 0.129 e. The standard InChI is InChI=1S/C8H9ClN2O/c9-7-2-1-6(3-11-7)8(12)4-10-5-8/h1-3,10,12H,4-5H2. The molecule has 3 nitrogen and oxygen atoms in total. The van der Waals surface area contributed by atoms with E-state index in [1.54, 1.807) is 18.3 Å². The van der Waals surface area contributed by atoms with E-state index in [1.165, 1.54) is 0 Å². The molecule has 1 aromatic rings. The van der Waals surface area contributed by atoms with Gasteiger partial charge in [0.25, 0.3) is 0 Å². The van der Waals surface area contributed by atoms with Crippen LogP contribution in [0.3, 0.4) is 0 Å². The Morgan fingerprint density at radius 3 is 2.67 bits per heavy atom. The number of nitrogens with zero attached hydrogens (tertiary/aromatic N) is 1. The topological polar surface area (TPSA) is 45.2 Å². The Kier molecular flexibility index (Phi) is 1.79. The van der Waals surface area contributed by atoms with Crippen LogP contribution in [0.1, 0.15) is 5.56 Å². The van der Waals surface area contributed by atoms with E-state index >= 15 is 0 Å². The molecule has 1 saturated heterocycles. The summed E-state index contributed by atoms with van der Waals surface area (Å²) in [5, 5.41) is 13.3. The van der Waals surface area contributed by atoms with Gasteiger partial charge in [0.2, 0.25) is 0 Å². The van der Waals surface area contributed by atoms with Gasteiger partial charge in [-0.2, -0.15) is 0 Å². The number of hydrogen-bond acceptors (Lipinski definition) is 3. The molecule has 4 heteroatoms. The van der Waals surface area contributed by atoms with Crippen molar-refractivity contribution in [2.75, 3.05) is 13.1 Å². The summed E-state index contributed by atoms with van der Waals surface area (Å²) in [6.45, 7) is 1.19. The van der Waals surface area contributed by atoms with Gasteiger partial charge in [0, 0.05) is 24.8 Å². The first-order chi connectivity index (χ1) is 5.71. The second kappa shape index (κ2) is 2.69. The average Bonchev–Trinajstić information content (AvgIpc) is 2.02. The maximum absolute atomic E-state index is 9.83. The summed E-state index contributed by atoms with van der Waals surface area (Å²) in [6.07, 6.45) is 1.61. The highest BCUT2D eigenvalue weighted by Gasteiger charge is 2.36. The zero-order chi connectivity index (χ0) is 8.60. The Hall–Kier alpha value is -0.640. The molecule has 2 N–H and O–H groups in total. The molecule has 0 aliphatic carbocycles. The monoisotopic (exact) mass is 184 g/mol. The van der Waals surface area contributed by atoms with Gasteiger partial charge in [-0.05, 0) is 6.07 Å². The first kappa shape index (κ1) is 7.98. The molecule has 0 unspecified atom stereocenters. The molecule has 1 aliphatic rings. The molecular weight excluding hydrogens is 176 g/mol. The summed E-state index contributed by atoms with van der Waals surface area (Å²) in [5.74, 6) is 0. The van der Waals surface area contributed by atoms with Crippen molar-refractivity contribution >= 4 is 11.6 Å². The fourth-order valence-electron chi connectivity index (χ4n) is 1.22. The van der Waals surface area contributed by atoms with Crippen molar-refractivity contribution in [3.05, 3.63) is 29.0 Å². The predicted molar refractivity (Wildman–Crippen MR) is 46.0 cm³/mol. The van der Waals surface area contributed by atoms with Gasteiger partial charge in [-0.25, -0.2) is 4.98 Å². The quantitative estimate of drug-likeness (QED) is 0.626. The second-order valence-electron chi connectivity index (χ2n) is 3.00. The number of nitrogens with one attached hydrogen (secondary N) is 1. The van der Waals surface area contributed by atoms with Crippen molar-refractivity contribution < 1.29 is 5.11 Å². The van der Waals surface area contributed by atoms with Gasteiger partial charge in [0.05, 0.1) is 0 Å². The van der Waals surface area contributed by atoms with Gasteiger partial charge in [-0.3, -0.25) is 0 Å². The van der Waals surface area contributed by atoms with E-state index in [0.717, 1.165) is 5.56 Å². The lowest BCUT2D eigenvalue weighted by atomic mass is 9.90. The van der Waals surface area contributed by atoms with E-state index in [0.29, 0.717) is 18.2 Å². The van der Waals surface area contributed by atoms with Crippen LogP contribution in [0, 0.1) is 0 Å². The van der Waals surface area contributed by atoms with Crippen LogP contribution in [-0.4, -0.2) is 23.2 Å². The summed E-state index contributed by atoms with van der Waals surface area (Å²) in [7, 11) is 0. The minimum absolute atomic E-state index is 0.453. The smallest absolute Gasteiger partial charge is 0.129 e. The predicted octanol–water partition coefficient (Wildman–Crippen LogP) is 0.526.